The first kappa shape index (κ1) is 12.0. The molecule has 1 rings (SSSR count). The van der Waals surface area contributed by atoms with Crippen molar-refractivity contribution in [3.8, 4) is 6.07 Å². The van der Waals surface area contributed by atoms with Crippen molar-refractivity contribution in [2.24, 2.45) is 5.73 Å². The van der Waals surface area contributed by atoms with Crippen LogP contribution in [0.25, 0.3) is 0 Å². The number of pyridine rings is 1. The van der Waals surface area contributed by atoms with Crippen LogP contribution in [0.1, 0.15) is 26.0 Å². The Morgan fingerprint density at radius 2 is 2.38 bits per heavy atom. The number of amides is 1. The Labute approximate surface area is 94.3 Å². The Balaban J connectivity index is 2.88. The second-order valence-electron chi connectivity index (χ2n) is 4.16. The summed E-state index contributed by atoms with van der Waals surface area (Å²) in [5.74, 6) is -0.389. The molecule has 84 valence electrons. The van der Waals surface area contributed by atoms with Gasteiger partial charge < -0.3 is 11.1 Å². The van der Waals surface area contributed by atoms with Gasteiger partial charge in [0.25, 0.3) is 0 Å². The fourth-order valence-corrected chi connectivity index (χ4v) is 1.44. The van der Waals surface area contributed by atoms with Gasteiger partial charge in [-0.25, -0.2) is 4.98 Å². The Kier molecular flexibility index (Phi) is 3.46. The van der Waals surface area contributed by atoms with E-state index in [9.17, 15) is 4.79 Å². The molecule has 0 aliphatic rings. The predicted octanol–water partition coefficient (Wildman–Crippen LogP) is 1.02. The number of nitrogens with two attached hydrogens (primary N) is 1. The maximum absolute atomic E-state index is 10.9. The Hall–Kier alpha value is -2.09. The Bertz CT molecular complexity index is 434. The normalized spacial score (nSPS) is 10.6. The van der Waals surface area contributed by atoms with Gasteiger partial charge in [-0.1, -0.05) is 0 Å². The third-order valence-electron chi connectivity index (χ3n) is 2.00. The summed E-state index contributed by atoms with van der Waals surface area (Å²) < 4.78 is 0. The molecule has 16 heavy (non-hydrogen) atoms. The molecule has 0 spiro atoms. The first-order valence-corrected chi connectivity index (χ1v) is 4.86. The molecular weight excluding hydrogens is 204 g/mol. The molecule has 5 nitrogen and oxygen atoms in total. The molecule has 0 bridgehead atoms. The van der Waals surface area contributed by atoms with E-state index >= 15 is 0 Å². The van der Waals surface area contributed by atoms with E-state index in [-0.39, 0.29) is 12.3 Å². The topological polar surface area (TPSA) is 91.8 Å². The van der Waals surface area contributed by atoms with Crippen molar-refractivity contribution >= 4 is 11.6 Å². The SMILES string of the molecule is CC(C)(CC(N)=O)Nc1cccnc1C#N. The number of nitrogens with zero attached hydrogens (tertiary/aromatic N) is 2. The van der Waals surface area contributed by atoms with Gasteiger partial charge in [-0.15, -0.1) is 0 Å². The number of aromatic nitrogens is 1. The zero-order chi connectivity index (χ0) is 12.2. The fraction of sp³-hybridized carbons (Fsp3) is 0.364. The summed E-state index contributed by atoms with van der Waals surface area (Å²) in [6, 6.07) is 5.45. The van der Waals surface area contributed by atoms with Crippen LogP contribution in [-0.4, -0.2) is 16.4 Å². The lowest BCUT2D eigenvalue weighted by molar-refractivity contribution is -0.118. The van der Waals surface area contributed by atoms with E-state index in [2.05, 4.69) is 10.3 Å². The van der Waals surface area contributed by atoms with Crippen LogP contribution < -0.4 is 11.1 Å². The molecule has 0 fully saturated rings. The predicted molar refractivity (Wildman–Crippen MR) is 60.5 cm³/mol. The summed E-state index contributed by atoms with van der Waals surface area (Å²) in [5.41, 5.74) is 5.56. The number of hydrogen-bond donors (Lipinski definition) is 2. The van der Waals surface area contributed by atoms with Gasteiger partial charge in [0.2, 0.25) is 5.91 Å². The molecule has 3 N–H and O–H groups in total. The summed E-state index contributed by atoms with van der Waals surface area (Å²) in [7, 11) is 0. The molecule has 0 atom stereocenters. The molecule has 1 aromatic heterocycles. The second kappa shape index (κ2) is 4.62. The number of nitriles is 1. The van der Waals surface area contributed by atoms with Gasteiger partial charge in [0.1, 0.15) is 6.07 Å². The van der Waals surface area contributed by atoms with E-state index in [4.69, 9.17) is 11.0 Å². The smallest absolute Gasteiger partial charge is 0.219 e. The quantitative estimate of drug-likeness (QED) is 0.789. The molecule has 0 radical (unpaired) electrons. The lowest BCUT2D eigenvalue weighted by Crippen LogP contribution is -2.36. The zero-order valence-corrected chi connectivity index (χ0v) is 9.32. The fourth-order valence-electron chi connectivity index (χ4n) is 1.44. The standard InChI is InChI=1S/C11H14N4O/c1-11(2,6-10(13)16)15-8-4-3-5-14-9(8)7-12/h3-5,15H,6H2,1-2H3,(H2,13,16). The van der Waals surface area contributed by atoms with Crippen molar-refractivity contribution in [1.82, 2.24) is 4.98 Å². The molecule has 1 heterocycles. The molecule has 1 aromatic rings. The van der Waals surface area contributed by atoms with Crippen molar-refractivity contribution in [2.45, 2.75) is 25.8 Å². The lowest BCUT2D eigenvalue weighted by atomic mass is 9.99. The van der Waals surface area contributed by atoms with Crippen LogP contribution in [0.5, 0.6) is 0 Å². The number of rotatable bonds is 4. The van der Waals surface area contributed by atoms with Crippen molar-refractivity contribution in [1.29, 1.82) is 5.26 Å². The zero-order valence-electron chi connectivity index (χ0n) is 9.32. The minimum atomic E-state index is -0.500. The van der Waals surface area contributed by atoms with Gasteiger partial charge >= 0.3 is 0 Å². The molecule has 0 aliphatic heterocycles. The number of anilines is 1. The number of hydrogen-bond acceptors (Lipinski definition) is 4. The average molecular weight is 218 g/mol. The van der Waals surface area contributed by atoms with Crippen molar-refractivity contribution in [3.05, 3.63) is 24.0 Å². The third kappa shape index (κ3) is 3.24. The van der Waals surface area contributed by atoms with Crippen molar-refractivity contribution in [2.75, 3.05) is 5.32 Å². The van der Waals surface area contributed by atoms with Crippen LogP contribution in [0, 0.1) is 11.3 Å². The van der Waals surface area contributed by atoms with Gasteiger partial charge in [0.15, 0.2) is 5.69 Å². The highest BCUT2D eigenvalue weighted by Crippen LogP contribution is 2.19. The van der Waals surface area contributed by atoms with Gasteiger partial charge in [0.05, 0.1) is 5.69 Å². The molecular formula is C11H14N4O. The van der Waals surface area contributed by atoms with Crippen LogP contribution in [0.3, 0.4) is 0 Å². The van der Waals surface area contributed by atoms with Crippen LogP contribution >= 0.6 is 0 Å². The summed E-state index contributed by atoms with van der Waals surface area (Å²) in [6.45, 7) is 3.68. The molecule has 1 amide bonds. The van der Waals surface area contributed by atoms with Crippen LogP contribution in [0.2, 0.25) is 0 Å². The highest BCUT2D eigenvalue weighted by atomic mass is 16.1. The highest BCUT2D eigenvalue weighted by Gasteiger charge is 2.21. The Morgan fingerprint density at radius 1 is 1.69 bits per heavy atom. The van der Waals surface area contributed by atoms with E-state index in [0.717, 1.165) is 0 Å². The highest BCUT2D eigenvalue weighted by molar-refractivity contribution is 5.75. The molecule has 0 saturated heterocycles. The maximum Gasteiger partial charge on any atom is 0.219 e. The van der Waals surface area contributed by atoms with Crippen molar-refractivity contribution in [3.63, 3.8) is 0 Å². The van der Waals surface area contributed by atoms with Crippen molar-refractivity contribution < 1.29 is 4.79 Å². The number of nitrogens with one attached hydrogen (secondary N) is 1. The van der Waals surface area contributed by atoms with E-state index in [1.165, 1.54) is 0 Å². The molecule has 0 saturated carbocycles. The lowest BCUT2D eigenvalue weighted by Gasteiger charge is -2.26. The first-order valence-electron chi connectivity index (χ1n) is 4.86. The van der Waals surface area contributed by atoms with Crippen LogP contribution in [0.4, 0.5) is 5.69 Å². The molecule has 0 unspecified atom stereocenters. The number of carbonyl (C=O) groups is 1. The van der Waals surface area contributed by atoms with E-state index in [1.54, 1.807) is 18.3 Å². The summed E-state index contributed by atoms with van der Waals surface area (Å²) in [5, 5.41) is 11.9. The van der Waals surface area contributed by atoms with E-state index in [1.807, 2.05) is 19.9 Å². The maximum atomic E-state index is 10.9. The Morgan fingerprint density at radius 3 is 2.94 bits per heavy atom. The molecule has 0 aromatic carbocycles. The first-order chi connectivity index (χ1) is 7.44. The number of carbonyl (C=O) groups excluding carboxylic acids is 1. The molecule has 0 aliphatic carbocycles. The van der Waals surface area contributed by atoms with Gasteiger partial charge in [-0.2, -0.15) is 5.26 Å². The minimum absolute atomic E-state index is 0.187. The van der Waals surface area contributed by atoms with Gasteiger partial charge in [-0.3, -0.25) is 4.79 Å². The van der Waals surface area contributed by atoms with Gasteiger partial charge in [0, 0.05) is 18.2 Å². The van der Waals surface area contributed by atoms with E-state index in [0.29, 0.717) is 11.4 Å². The monoisotopic (exact) mass is 218 g/mol. The van der Waals surface area contributed by atoms with E-state index < -0.39 is 5.54 Å². The third-order valence-corrected chi connectivity index (χ3v) is 2.00. The average Bonchev–Trinajstić information content (AvgIpc) is 2.15. The second-order valence-corrected chi connectivity index (χ2v) is 4.16. The summed E-state index contributed by atoms with van der Waals surface area (Å²) in [4.78, 5) is 14.8. The van der Waals surface area contributed by atoms with Gasteiger partial charge in [-0.05, 0) is 26.0 Å². The largest absolute Gasteiger partial charge is 0.377 e. The number of primary amides is 1. The van der Waals surface area contributed by atoms with Crippen LogP contribution in [0.15, 0.2) is 18.3 Å². The molecule has 5 heteroatoms. The summed E-state index contributed by atoms with van der Waals surface area (Å²) >= 11 is 0. The minimum Gasteiger partial charge on any atom is -0.377 e. The van der Waals surface area contributed by atoms with Crippen LogP contribution in [-0.2, 0) is 4.79 Å². The summed E-state index contributed by atoms with van der Waals surface area (Å²) in [6.07, 6.45) is 1.73.